The first-order valence-electron chi connectivity index (χ1n) is 12.1. The minimum Gasteiger partial charge on any atom is -0.481 e. The largest absolute Gasteiger partial charge is 0.481 e. The molecule has 2 heterocycles. The number of hydrogen-bond acceptors (Lipinski definition) is 7. The number of aliphatic carboxylic acids is 1. The fourth-order valence-electron chi connectivity index (χ4n) is 3.78. The summed E-state index contributed by atoms with van der Waals surface area (Å²) >= 11 is 0. The Kier molecular flexibility index (Phi) is 8.45. The Morgan fingerprint density at radius 2 is 1.00 bits per heavy atom. The molecular weight excluding hydrogens is 484 g/mol. The third-order valence-electron chi connectivity index (χ3n) is 5.59. The van der Waals surface area contributed by atoms with Crippen LogP contribution in [0.1, 0.15) is 38.8 Å². The Bertz CT molecular complexity index is 1260. The number of amidine groups is 2. The number of nitrogens with zero attached hydrogens (tertiary/aromatic N) is 2. The van der Waals surface area contributed by atoms with E-state index in [0.717, 1.165) is 55.9 Å². The number of rotatable bonds is 6. The molecule has 0 aromatic heterocycles. The van der Waals surface area contributed by atoms with Gasteiger partial charge in [0, 0.05) is 53.6 Å². The molecule has 2 amide bonds. The van der Waals surface area contributed by atoms with Gasteiger partial charge in [-0.3, -0.25) is 24.4 Å². The van der Waals surface area contributed by atoms with Gasteiger partial charge in [0.2, 0.25) is 0 Å². The molecule has 3 aromatic rings. The zero-order valence-electron chi connectivity index (χ0n) is 20.8. The van der Waals surface area contributed by atoms with E-state index in [1.54, 1.807) is 24.3 Å². The normalized spacial score (nSPS) is 13.6. The van der Waals surface area contributed by atoms with Gasteiger partial charge in [-0.25, -0.2) is 0 Å². The van der Waals surface area contributed by atoms with Crippen LogP contribution in [0.4, 0.5) is 11.4 Å². The lowest BCUT2D eigenvalue weighted by molar-refractivity contribution is -0.134. The maximum absolute atomic E-state index is 12.6. The molecule has 0 saturated heterocycles. The van der Waals surface area contributed by atoms with E-state index in [-0.39, 0.29) is 11.8 Å². The molecule has 2 aliphatic rings. The van der Waals surface area contributed by atoms with Crippen molar-refractivity contribution in [2.24, 2.45) is 9.98 Å². The molecule has 0 spiro atoms. The Morgan fingerprint density at radius 1 is 0.658 bits per heavy atom. The van der Waals surface area contributed by atoms with Crippen LogP contribution in [0.2, 0.25) is 0 Å². The molecule has 0 fully saturated rings. The molecule has 0 atom stereocenters. The molecule has 10 nitrogen and oxygen atoms in total. The maximum atomic E-state index is 12.6. The van der Waals surface area contributed by atoms with Crippen LogP contribution in [0.5, 0.6) is 0 Å². The Hall–Kier alpha value is -4.99. The van der Waals surface area contributed by atoms with Gasteiger partial charge in [0.1, 0.15) is 11.7 Å². The summed E-state index contributed by atoms with van der Waals surface area (Å²) in [5.41, 5.74) is 4.30. The molecule has 0 unspecified atom stereocenters. The molecule has 2 aliphatic heterocycles. The predicted octanol–water partition coefficient (Wildman–Crippen LogP) is 2.98. The summed E-state index contributed by atoms with van der Waals surface area (Å²) < 4.78 is 0. The summed E-state index contributed by atoms with van der Waals surface area (Å²) in [6.07, 6.45) is 0. The van der Waals surface area contributed by atoms with E-state index in [1.807, 2.05) is 48.5 Å². The van der Waals surface area contributed by atoms with Crippen molar-refractivity contribution in [3.8, 4) is 0 Å². The molecule has 5 rings (SSSR count). The lowest BCUT2D eigenvalue weighted by Gasteiger charge is -2.09. The van der Waals surface area contributed by atoms with Crippen molar-refractivity contribution in [2.45, 2.75) is 6.92 Å². The minimum atomic E-state index is -0.833. The van der Waals surface area contributed by atoms with E-state index in [2.05, 4.69) is 31.3 Å². The van der Waals surface area contributed by atoms with E-state index in [0.29, 0.717) is 22.5 Å². The lowest BCUT2D eigenvalue weighted by atomic mass is 10.1. The summed E-state index contributed by atoms with van der Waals surface area (Å²) in [5.74, 6) is 0.441. The third-order valence-corrected chi connectivity index (χ3v) is 5.59. The van der Waals surface area contributed by atoms with E-state index >= 15 is 0 Å². The standard InChI is InChI=1S/C26H24N6O2.C2H4O2/c33-25(31-21-9-5-17(6-10-21)23-27-13-14-28-23)19-1-2-20(4-3-19)26(34)32-22-11-7-18(8-12-22)24-29-15-16-30-24;1-2(3)4/h1-12H,13-16H2,(H,27,28)(H,29,30)(H,31,33)(H,32,34);1H3,(H,3,4). The average Bonchev–Trinajstić information content (AvgIpc) is 3.65. The SMILES string of the molecule is CC(=O)O.O=C(Nc1ccc(C2=NCCN2)cc1)c1ccc(C(=O)Nc2ccc(C3=NCCN3)cc2)cc1. The van der Waals surface area contributed by atoms with Crippen molar-refractivity contribution < 1.29 is 19.5 Å². The van der Waals surface area contributed by atoms with Crippen molar-refractivity contribution in [1.82, 2.24) is 10.6 Å². The first-order chi connectivity index (χ1) is 18.4. The van der Waals surface area contributed by atoms with Crippen LogP contribution < -0.4 is 21.3 Å². The molecule has 10 heteroatoms. The van der Waals surface area contributed by atoms with Gasteiger partial charge in [0.15, 0.2) is 0 Å². The smallest absolute Gasteiger partial charge is 0.300 e. The van der Waals surface area contributed by atoms with Gasteiger partial charge in [0.25, 0.3) is 17.8 Å². The highest BCUT2D eigenvalue weighted by Gasteiger charge is 2.12. The van der Waals surface area contributed by atoms with Crippen LogP contribution in [0.3, 0.4) is 0 Å². The summed E-state index contributed by atoms with van der Waals surface area (Å²) in [4.78, 5) is 43.0. The second kappa shape index (κ2) is 12.3. The van der Waals surface area contributed by atoms with E-state index in [9.17, 15) is 9.59 Å². The number of benzene rings is 3. The molecule has 0 saturated carbocycles. The molecule has 0 bridgehead atoms. The zero-order valence-corrected chi connectivity index (χ0v) is 20.8. The fraction of sp³-hybridized carbons (Fsp3) is 0.179. The van der Waals surface area contributed by atoms with Gasteiger partial charge in [0.05, 0.1) is 13.1 Å². The molecule has 5 N–H and O–H groups in total. The summed E-state index contributed by atoms with van der Waals surface area (Å²) in [6, 6.07) is 21.6. The van der Waals surface area contributed by atoms with Crippen LogP contribution in [0.25, 0.3) is 0 Å². The van der Waals surface area contributed by atoms with Crippen molar-refractivity contribution in [3.05, 3.63) is 95.1 Å². The number of amides is 2. The quantitative estimate of drug-likeness (QED) is 0.343. The molecule has 3 aromatic carbocycles. The second-order valence-electron chi connectivity index (χ2n) is 8.47. The van der Waals surface area contributed by atoms with Gasteiger partial charge in [-0.15, -0.1) is 0 Å². The molecule has 194 valence electrons. The number of hydrogen-bond donors (Lipinski definition) is 5. The Labute approximate surface area is 219 Å². The number of carboxylic acids is 1. The highest BCUT2D eigenvalue weighted by atomic mass is 16.4. The number of nitrogens with one attached hydrogen (secondary N) is 4. The highest BCUT2D eigenvalue weighted by molar-refractivity contribution is 6.08. The van der Waals surface area contributed by atoms with Gasteiger partial charge in [-0.1, -0.05) is 0 Å². The monoisotopic (exact) mass is 512 g/mol. The Morgan fingerprint density at radius 3 is 1.29 bits per heavy atom. The first-order valence-corrected chi connectivity index (χ1v) is 12.1. The van der Waals surface area contributed by atoms with E-state index in [1.165, 1.54) is 0 Å². The summed E-state index contributed by atoms with van der Waals surface area (Å²) in [5, 5.41) is 19.6. The topological polar surface area (TPSA) is 144 Å². The maximum Gasteiger partial charge on any atom is 0.300 e. The molecule has 0 aliphatic carbocycles. The van der Waals surface area contributed by atoms with Crippen molar-refractivity contribution in [2.75, 3.05) is 36.8 Å². The van der Waals surface area contributed by atoms with Crippen LogP contribution in [-0.2, 0) is 4.79 Å². The van der Waals surface area contributed by atoms with Crippen molar-refractivity contribution in [3.63, 3.8) is 0 Å². The van der Waals surface area contributed by atoms with Crippen LogP contribution >= 0.6 is 0 Å². The number of anilines is 2. The number of carbonyl (C=O) groups is 3. The van der Waals surface area contributed by atoms with Gasteiger partial charge in [-0.2, -0.15) is 0 Å². The minimum absolute atomic E-state index is 0.241. The molecule has 0 radical (unpaired) electrons. The second-order valence-corrected chi connectivity index (χ2v) is 8.47. The lowest BCUT2D eigenvalue weighted by Crippen LogP contribution is -2.19. The third kappa shape index (κ3) is 7.03. The molecule has 38 heavy (non-hydrogen) atoms. The fourth-order valence-corrected chi connectivity index (χ4v) is 3.78. The van der Waals surface area contributed by atoms with Crippen LogP contribution in [0, 0.1) is 0 Å². The van der Waals surface area contributed by atoms with Gasteiger partial charge >= 0.3 is 0 Å². The van der Waals surface area contributed by atoms with Crippen LogP contribution in [0.15, 0.2) is 82.8 Å². The summed E-state index contributed by atoms with van der Waals surface area (Å²) in [6.45, 7) is 4.34. The first kappa shape index (κ1) is 26.1. The predicted molar refractivity (Wildman–Crippen MR) is 147 cm³/mol. The van der Waals surface area contributed by atoms with Crippen LogP contribution in [-0.4, -0.2) is 60.7 Å². The number of carbonyl (C=O) groups excluding carboxylic acids is 2. The van der Waals surface area contributed by atoms with E-state index in [4.69, 9.17) is 9.90 Å². The zero-order chi connectivity index (χ0) is 26.9. The number of aliphatic imine (C=N–C) groups is 2. The molecular formula is C28H28N6O4. The number of carboxylic acid groups (broad SMARTS) is 1. The van der Waals surface area contributed by atoms with Gasteiger partial charge in [-0.05, 0) is 72.8 Å². The Balaban J connectivity index is 0.000000786. The highest BCUT2D eigenvalue weighted by Crippen LogP contribution is 2.15. The van der Waals surface area contributed by atoms with Crippen molar-refractivity contribution >= 4 is 40.8 Å². The summed E-state index contributed by atoms with van der Waals surface area (Å²) in [7, 11) is 0. The average molecular weight is 513 g/mol. The van der Waals surface area contributed by atoms with Crippen molar-refractivity contribution in [1.29, 1.82) is 0 Å². The van der Waals surface area contributed by atoms with E-state index < -0.39 is 5.97 Å². The van der Waals surface area contributed by atoms with Gasteiger partial charge < -0.3 is 26.4 Å².